The molecule has 0 radical (unpaired) electrons. The molecule has 30 heavy (non-hydrogen) atoms. The van der Waals surface area contributed by atoms with Crippen LogP contribution in [0.1, 0.15) is 86.6 Å². The largest absolute Gasteiger partial charge is 0.351 e. The zero-order chi connectivity index (χ0) is 20.6. The van der Waals surface area contributed by atoms with Crippen LogP contribution in [0, 0.1) is 23.2 Å². The highest BCUT2D eigenvalue weighted by Gasteiger charge is 2.50. The van der Waals surface area contributed by atoms with Crippen molar-refractivity contribution in [2.24, 2.45) is 23.2 Å². The number of hydrogen-bond acceptors (Lipinski definition) is 2. The van der Waals surface area contributed by atoms with Crippen molar-refractivity contribution in [2.45, 2.75) is 83.1 Å². The van der Waals surface area contributed by atoms with Crippen molar-refractivity contribution in [2.75, 3.05) is 13.1 Å². The number of benzene rings is 1. The highest BCUT2D eigenvalue weighted by molar-refractivity contribution is 6.33. The van der Waals surface area contributed by atoms with Gasteiger partial charge in [-0.25, -0.2) is 0 Å². The number of nitrogens with one attached hydrogen (secondary N) is 2. The molecule has 0 aromatic heterocycles. The lowest BCUT2D eigenvalue weighted by atomic mass is 9.49. The molecule has 0 unspecified atom stereocenters. The van der Waals surface area contributed by atoms with Gasteiger partial charge in [0.15, 0.2) is 0 Å². The summed E-state index contributed by atoms with van der Waals surface area (Å²) in [7, 11) is 0. The average molecular weight is 429 g/mol. The van der Waals surface area contributed by atoms with Gasteiger partial charge in [0.2, 0.25) is 0 Å². The van der Waals surface area contributed by atoms with Crippen LogP contribution < -0.4 is 10.6 Å². The molecule has 1 aromatic rings. The number of carbonyl (C=O) groups is 1. The number of hydrogen-bond donors (Lipinski definition) is 2. The van der Waals surface area contributed by atoms with Gasteiger partial charge in [-0.1, -0.05) is 30.5 Å². The third kappa shape index (κ3) is 4.58. The van der Waals surface area contributed by atoms with Gasteiger partial charge in [0.05, 0.1) is 10.6 Å². The normalized spacial score (nSPS) is 32.6. The molecule has 1 amide bonds. The first-order chi connectivity index (χ1) is 14.6. The molecular formula is C26H37ClN2O. The van der Waals surface area contributed by atoms with Gasteiger partial charge in [0.25, 0.3) is 5.91 Å². The van der Waals surface area contributed by atoms with E-state index >= 15 is 0 Å². The van der Waals surface area contributed by atoms with E-state index in [9.17, 15) is 4.79 Å². The lowest BCUT2D eigenvalue weighted by molar-refractivity contribution is -0.0503. The van der Waals surface area contributed by atoms with E-state index in [1.807, 2.05) is 12.1 Å². The molecule has 0 atom stereocenters. The Kier molecular flexibility index (Phi) is 6.12. The van der Waals surface area contributed by atoms with Crippen LogP contribution in [0.15, 0.2) is 18.2 Å². The maximum Gasteiger partial charge on any atom is 0.252 e. The standard InChI is InChI=1S/C26H37ClN2O/c27-24-8-7-18(4-3-9-28-22-5-1-2-6-22)13-23(24)25(30)29-17-26-14-19-10-20(15-26)12-21(11-19)16-26/h7-8,13,19-22,28H,1-6,9-12,14-17H2,(H,29,30). The van der Waals surface area contributed by atoms with E-state index in [1.165, 1.54) is 69.8 Å². The topological polar surface area (TPSA) is 41.1 Å². The minimum atomic E-state index is 0.0154. The molecule has 1 aromatic carbocycles. The minimum absolute atomic E-state index is 0.0154. The van der Waals surface area contributed by atoms with E-state index in [0.717, 1.165) is 49.7 Å². The summed E-state index contributed by atoms with van der Waals surface area (Å²) in [6, 6.07) is 6.72. The smallest absolute Gasteiger partial charge is 0.252 e. The molecule has 4 heteroatoms. The van der Waals surface area contributed by atoms with Crippen molar-refractivity contribution >= 4 is 17.5 Å². The molecule has 2 N–H and O–H groups in total. The molecule has 4 bridgehead atoms. The second kappa shape index (κ2) is 8.82. The Bertz CT molecular complexity index is 735. The Hall–Kier alpha value is -1.06. The fourth-order valence-electron chi connectivity index (χ4n) is 7.50. The van der Waals surface area contributed by atoms with Crippen molar-refractivity contribution in [1.82, 2.24) is 10.6 Å². The van der Waals surface area contributed by atoms with Crippen LogP contribution in [0.25, 0.3) is 0 Å². The van der Waals surface area contributed by atoms with E-state index in [4.69, 9.17) is 11.6 Å². The molecule has 164 valence electrons. The van der Waals surface area contributed by atoms with E-state index in [2.05, 4.69) is 16.7 Å². The van der Waals surface area contributed by atoms with Crippen LogP contribution in [0.4, 0.5) is 0 Å². The maximum atomic E-state index is 13.0. The summed E-state index contributed by atoms with van der Waals surface area (Å²) in [6.07, 6.45) is 15.8. The molecule has 5 aliphatic rings. The first-order valence-corrected chi connectivity index (χ1v) is 12.8. The second-order valence-electron chi connectivity index (χ2n) is 11.0. The number of carbonyl (C=O) groups excluding carboxylic acids is 1. The summed E-state index contributed by atoms with van der Waals surface area (Å²) in [4.78, 5) is 13.0. The van der Waals surface area contributed by atoms with Crippen molar-refractivity contribution in [1.29, 1.82) is 0 Å². The minimum Gasteiger partial charge on any atom is -0.351 e. The molecule has 0 spiro atoms. The van der Waals surface area contributed by atoms with Crippen molar-refractivity contribution in [3.8, 4) is 0 Å². The SMILES string of the molecule is O=C(NCC12CC3CC(CC(C3)C1)C2)c1cc(CCCNC2CCCC2)ccc1Cl. The maximum absolute atomic E-state index is 13.0. The number of aryl methyl sites for hydroxylation is 1. The van der Waals surface area contributed by atoms with Crippen LogP contribution >= 0.6 is 11.6 Å². The molecule has 0 heterocycles. The average Bonchev–Trinajstić information content (AvgIpc) is 3.23. The number of halogens is 1. The van der Waals surface area contributed by atoms with Gasteiger partial charge in [-0.2, -0.15) is 0 Å². The lowest BCUT2D eigenvalue weighted by Crippen LogP contribution is -2.51. The molecule has 3 nitrogen and oxygen atoms in total. The molecule has 0 saturated heterocycles. The monoisotopic (exact) mass is 428 g/mol. The second-order valence-corrected chi connectivity index (χ2v) is 11.4. The van der Waals surface area contributed by atoms with Crippen molar-refractivity contribution < 1.29 is 4.79 Å². The Labute approximate surface area is 186 Å². The van der Waals surface area contributed by atoms with Crippen LogP contribution in [0.2, 0.25) is 5.02 Å². The zero-order valence-electron chi connectivity index (χ0n) is 18.2. The predicted octanol–water partition coefficient (Wildman–Crippen LogP) is 5.75. The van der Waals surface area contributed by atoms with Crippen LogP contribution in [0.5, 0.6) is 0 Å². The van der Waals surface area contributed by atoms with Gasteiger partial charge in [-0.05, 0) is 112 Å². The highest BCUT2D eigenvalue weighted by Crippen LogP contribution is 2.59. The summed E-state index contributed by atoms with van der Waals surface area (Å²) in [5.41, 5.74) is 2.23. The molecular weight excluding hydrogens is 392 g/mol. The third-order valence-corrected chi connectivity index (χ3v) is 8.82. The van der Waals surface area contributed by atoms with E-state index < -0.39 is 0 Å². The summed E-state index contributed by atoms with van der Waals surface area (Å²) >= 11 is 6.42. The van der Waals surface area contributed by atoms with Gasteiger partial charge in [0.1, 0.15) is 0 Å². The summed E-state index contributed by atoms with van der Waals surface area (Å²) in [5, 5.41) is 7.55. The van der Waals surface area contributed by atoms with E-state index in [0.29, 0.717) is 16.0 Å². The first kappa shape index (κ1) is 20.8. The number of amides is 1. The van der Waals surface area contributed by atoms with Crippen LogP contribution in [0.3, 0.4) is 0 Å². The number of rotatable bonds is 8. The molecule has 5 fully saturated rings. The van der Waals surface area contributed by atoms with E-state index in [-0.39, 0.29) is 5.91 Å². The Morgan fingerprint density at radius 1 is 1.03 bits per heavy atom. The zero-order valence-corrected chi connectivity index (χ0v) is 19.0. The Morgan fingerprint density at radius 3 is 2.37 bits per heavy atom. The van der Waals surface area contributed by atoms with E-state index in [1.54, 1.807) is 0 Å². The van der Waals surface area contributed by atoms with Gasteiger partial charge in [-0.3, -0.25) is 4.79 Å². The van der Waals surface area contributed by atoms with Gasteiger partial charge < -0.3 is 10.6 Å². The fourth-order valence-corrected chi connectivity index (χ4v) is 7.70. The lowest BCUT2D eigenvalue weighted by Gasteiger charge is -2.56. The Morgan fingerprint density at radius 2 is 1.70 bits per heavy atom. The van der Waals surface area contributed by atoms with Gasteiger partial charge in [0, 0.05) is 12.6 Å². The molecule has 0 aliphatic heterocycles. The Balaban J connectivity index is 1.15. The van der Waals surface area contributed by atoms with Gasteiger partial charge >= 0.3 is 0 Å². The first-order valence-electron chi connectivity index (χ1n) is 12.4. The third-order valence-electron chi connectivity index (χ3n) is 8.49. The van der Waals surface area contributed by atoms with Crippen molar-refractivity contribution in [3.05, 3.63) is 34.3 Å². The van der Waals surface area contributed by atoms with Crippen LogP contribution in [-0.2, 0) is 6.42 Å². The van der Waals surface area contributed by atoms with Crippen LogP contribution in [-0.4, -0.2) is 25.0 Å². The molecule has 5 saturated carbocycles. The summed E-state index contributed by atoms with van der Waals surface area (Å²) < 4.78 is 0. The van der Waals surface area contributed by atoms with Gasteiger partial charge in [-0.15, -0.1) is 0 Å². The highest BCUT2D eigenvalue weighted by atomic mass is 35.5. The molecule has 5 aliphatic carbocycles. The fraction of sp³-hybridized carbons (Fsp3) is 0.731. The summed E-state index contributed by atoms with van der Waals surface area (Å²) in [5.74, 6) is 2.76. The quantitative estimate of drug-likeness (QED) is 0.517. The van der Waals surface area contributed by atoms with Crippen molar-refractivity contribution in [3.63, 3.8) is 0 Å². The summed E-state index contributed by atoms with van der Waals surface area (Å²) in [6.45, 7) is 1.89. The predicted molar refractivity (Wildman–Crippen MR) is 123 cm³/mol. The molecule has 6 rings (SSSR count).